The van der Waals surface area contributed by atoms with Crippen molar-refractivity contribution >= 4 is 24.1 Å². The number of hydrogen-bond donors (Lipinski definition) is 0. The van der Waals surface area contributed by atoms with Gasteiger partial charge in [-0.2, -0.15) is 0 Å². The van der Waals surface area contributed by atoms with E-state index in [2.05, 4.69) is 78.1 Å². The molecule has 0 unspecified atom stereocenters. The zero-order valence-electron chi connectivity index (χ0n) is 15.3. The molecule has 5 rings (SSSR count). The van der Waals surface area contributed by atoms with Crippen LogP contribution >= 0.6 is 0 Å². The molecule has 2 nitrogen and oxygen atoms in total. The highest BCUT2D eigenvalue weighted by Gasteiger charge is 2.19. The average molecular weight is 338 g/mol. The Balaban J connectivity index is 1.86. The molecule has 0 N–H and O–H groups in total. The molecule has 0 radical (unpaired) electrons. The maximum absolute atomic E-state index is 4.46. The van der Waals surface area contributed by atoms with Gasteiger partial charge in [-0.25, -0.2) is 0 Å². The van der Waals surface area contributed by atoms with Gasteiger partial charge in [0.2, 0.25) is 0 Å². The first-order valence-electron chi connectivity index (χ1n) is 9.09. The van der Waals surface area contributed by atoms with E-state index in [9.17, 15) is 0 Å². The molecular formula is C24H22N2. The largest absolute Gasteiger partial charge is 0.351 e. The summed E-state index contributed by atoms with van der Waals surface area (Å²) >= 11 is 0. The molecule has 0 bridgehead atoms. The third-order valence-corrected chi connectivity index (χ3v) is 6.02. The van der Waals surface area contributed by atoms with Crippen LogP contribution in [0.15, 0.2) is 48.8 Å². The van der Waals surface area contributed by atoms with Crippen LogP contribution in [0, 0.1) is 10.4 Å². The van der Waals surface area contributed by atoms with E-state index in [4.69, 9.17) is 0 Å². The van der Waals surface area contributed by atoms with Crippen LogP contribution in [0.25, 0.3) is 35.2 Å². The molecular weight excluding hydrogens is 316 g/mol. The van der Waals surface area contributed by atoms with Crippen LogP contribution in [0.4, 0.5) is 0 Å². The Morgan fingerprint density at radius 1 is 0.731 bits per heavy atom. The van der Waals surface area contributed by atoms with Crippen LogP contribution in [0.2, 0.25) is 0 Å². The van der Waals surface area contributed by atoms with E-state index >= 15 is 0 Å². The molecule has 4 aromatic rings. The second-order valence-corrected chi connectivity index (χ2v) is 7.36. The fourth-order valence-corrected chi connectivity index (χ4v) is 4.48. The SMILES string of the molecule is C=c1c2c(cc/c1=c1\ccn(C)c1=C)-c1ccc3c(ccn3C)c1CC2. The molecule has 0 amide bonds. The Labute approximate surface area is 152 Å². The van der Waals surface area contributed by atoms with E-state index in [0.29, 0.717) is 0 Å². The van der Waals surface area contributed by atoms with Gasteiger partial charge in [-0.3, -0.25) is 0 Å². The van der Waals surface area contributed by atoms with Gasteiger partial charge in [0.25, 0.3) is 0 Å². The zero-order valence-corrected chi connectivity index (χ0v) is 15.3. The number of benzene rings is 2. The lowest BCUT2D eigenvalue weighted by Crippen LogP contribution is -2.18. The molecule has 2 aromatic heterocycles. The van der Waals surface area contributed by atoms with Crippen LogP contribution < -0.4 is 10.6 Å². The first-order valence-corrected chi connectivity index (χ1v) is 9.09. The van der Waals surface area contributed by atoms with Gasteiger partial charge in [0, 0.05) is 48.0 Å². The van der Waals surface area contributed by atoms with Crippen LogP contribution in [0.1, 0.15) is 11.1 Å². The summed E-state index contributed by atoms with van der Waals surface area (Å²) < 4.78 is 4.27. The molecule has 2 heterocycles. The molecule has 0 aliphatic heterocycles. The van der Waals surface area contributed by atoms with Gasteiger partial charge in [0.15, 0.2) is 0 Å². The summed E-state index contributed by atoms with van der Waals surface area (Å²) in [6, 6.07) is 13.4. The van der Waals surface area contributed by atoms with Gasteiger partial charge in [-0.05, 0) is 63.7 Å². The lowest BCUT2D eigenvalue weighted by Gasteiger charge is -2.21. The van der Waals surface area contributed by atoms with E-state index in [-0.39, 0.29) is 0 Å². The highest BCUT2D eigenvalue weighted by molar-refractivity contribution is 5.92. The highest BCUT2D eigenvalue weighted by Crippen LogP contribution is 2.36. The van der Waals surface area contributed by atoms with Gasteiger partial charge >= 0.3 is 0 Å². The molecule has 2 aromatic carbocycles. The third kappa shape index (κ3) is 1.93. The monoisotopic (exact) mass is 338 g/mol. The molecule has 1 aliphatic carbocycles. The molecule has 0 saturated heterocycles. The summed E-state index contributed by atoms with van der Waals surface area (Å²) in [6.07, 6.45) is 6.34. The number of hydrogen-bond acceptors (Lipinski definition) is 0. The second-order valence-electron chi connectivity index (χ2n) is 7.36. The Bertz CT molecular complexity index is 1380. The Hall–Kier alpha value is -3.00. The van der Waals surface area contributed by atoms with Gasteiger partial charge in [0.1, 0.15) is 0 Å². The topological polar surface area (TPSA) is 9.86 Å². The number of aryl methyl sites for hydroxylation is 3. The molecule has 0 fully saturated rings. The van der Waals surface area contributed by atoms with E-state index in [1.165, 1.54) is 43.6 Å². The fraction of sp³-hybridized carbons (Fsp3) is 0.167. The molecule has 1 aliphatic rings. The van der Waals surface area contributed by atoms with Crippen molar-refractivity contribution in [3.05, 3.63) is 80.9 Å². The van der Waals surface area contributed by atoms with Crippen molar-refractivity contribution in [2.75, 3.05) is 0 Å². The van der Waals surface area contributed by atoms with Crippen molar-refractivity contribution in [3.8, 4) is 11.1 Å². The standard InChI is InChI=1S/C24H22N2/c1-15-17(19-11-13-25(3)16(19)2)5-7-20-18(15)6-8-22-21(20)9-10-24-23(22)12-14-26(24)4/h5,7,9-14H,1-2,6,8H2,3-4H3/b19-17-. The number of rotatable bonds is 0. The van der Waals surface area contributed by atoms with E-state index in [1.54, 1.807) is 0 Å². The summed E-state index contributed by atoms with van der Waals surface area (Å²) in [5, 5.41) is 5.96. The lowest BCUT2D eigenvalue weighted by molar-refractivity contribution is 0.890. The fourth-order valence-electron chi connectivity index (χ4n) is 4.48. The molecule has 0 atom stereocenters. The Morgan fingerprint density at radius 2 is 1.42 bits per heavy atom. The highest BCUT2D eigenvalue weighted by atomic mass is 14.9. The minimum Gasteiger partial charge on any atom is -0.351 e. The quantitative estimate of drug-likeness (QED) is 0.465. The molecule has 2 heteroatoms. The van der Waals surface area contributed by atoms with Gasteiger partial charge in [0.05, 0.1) is 0 Å². The van der Waals surface area contributed by atoms with Gasteiger partial charge in [-0.15, -0.1) is 0 Å². The van der Waals surface area contributed by atoms with Crippen LogP contribution in [-0.2, 0) is 26.9 Å². The van der Waals surface area contributed by atoms with Crippen molar-refractivity contribution in [3.63, 3.8) is 0 Å². The minimum absolute atomic E-state index is 1.04. The minimum atomic E-state index is 1.04. The Kier molecular flexibility index (Phi) is 3.08. The van der Waals surface area contributed by atoms with Crippen LogP contribution in [0.5, 0.6) is 0 Å². The third-order valence-electron chi connectivity index (χ3n) is 6.02. The van der Waals surface area contributed by atoms with Crippen molar-refractivity contribution in [2.24, 2.45) is 14.1 Å². The van der Waals surface area contributed by atoms with E-state index in [1.807, 2.05) is 7.05 Å². The van der Waals surface area contributed by atoms with E-state index < -0.39 is 0 Å². The van der Waals surface area contributed by atoms with Crippen molar-refractivity contribution in [1.82, 2.24) is 9.13 Å². The predicted octanol–water partition coefficient (Wildman–Crippen LogP) is 3.39. The molecule has 128 valence electrons. The first-order chi connectivity index (χ1) is 12.6. The predicted molar refractivity (Wildman–Crippen MR) is 109 cm³/mol. The van der Waals surface area contributed by atoms with Gasteiger partial charge in [-0.1, -0.05) is 31.4 Å². The summed E-state index contributed by atoms with van der Waals surface area (Å²) in [5.74, 6) is 0. The zero-order chi connectivity index (χ0) is 18.0. The molecule has 0 spiro atoms. The summed E-state index contributed by atoms with van der Waals surface area (Å²) in [7, 11) is 4.15. The number of fused-ring (bicyclic) bond motifs is 5. The molecule has 26 heavy (non-hydrogen) atoms. The molecule has 0 saturated carbocycles. The normalized spacial score (nSPS) is 14.4. The number of nitrogens with zero attached hydrogens (tertiary/aromatic N) is 2. The van der Waals surface area contributed by atoms with Crippen molar-refractivity contribution < 1.29 is 0 Å². The maximum Gasteiger partial charge on any atom is 0.0480 e. The smallest absolute Gasteiger partial charge is 0.0480 e. The summed E-state index contributed by atoms with van der Waals surface area (Å²) in [6.45, 7) is 8.67. The lowest BCUT2D eigenvalue weighted by atomic mass is 9.83. The second kappa shape index (κ2) is 5.25. The average Bonchev–Trinajstić information content (AvgIpc) is 3.19. The van der Waals surface area contributed by atoms with Crippen LogP contribution in [0.3, 0.4) is 0 Å². The summed E-state index contributed by atoms with van der Waals surface area (Å²) in [4.78, 5) is 0. The van der Waals surface area contributed by atoms with Crippen molar-refractivity contribution in [1.29, 1.82) is 0 Å². The van der Waals surface area contributed by atoms with Crippen LogP contribution in [-0.4, -0.2) is 9.13 Å². The Morgan fingerprint density at radius 3 is 2.19 bits per heavy atom. The maximum atomic E-state index is 4.46. The van der Waals surface area contributed by atoms with Crippen molar-refractivity contribution in [2.45, 2.75) is 12.8 Å². The number of aromatic nitrogens is 2. The van der Waals surface area contributed by atoms with Gasteiger partial charge < -0.3 is 9.13 Å². The summed E-state index contributed by atoms with van der Waals surface area (Å²) in [5.41, 5.74) is 6.87. The van der Waals surface area contributed by atoms with E-state index in [0.717, 1.165) is 23.4 Å². The first kappa shape index (κ1) is 15.3.